The van der Waals surface area contributed by atoms with Gasteiger partial charge in [0.05, 0.1) is 16.9 Å². The number of nitrogens with zero attached hydrogens (tertiary/aromatic N) is 4. The van der Waals surface area contributed by atoms with Gasteiger partial charge in [0.15, 0.2) is 5.82 Å². The first-order valence-corrected chi connectivity index (χ1v) is 13.3. The molecule has 4 heterocycles. The molecule has 0 saturated carbocycles. The number of para-hydroxylation sites is 1. The molecule has 0 saturated heterocycles. The minimum atomic E-state index is -0.528. The highest BCUT2D eigenvalue weighted by atomic mass is 32.1. The molecule has 0 spiro atoms. The first-order valence-electron chi connectivity index (χ1n) is 12.4. The standard InChI is InChI=1S/C29H25N7O2S/c1-18(33-28(37)25-26(30)34-35-14-6-13-32-27(25)35)23-15-20-8-5-7-19(11-12-22-16-31-17-39-22)24(20)29(38)36(23)21-9-3-2-4-10-21/h2-12,14-18,32H,13H2,1H3,(H2,30,34)(H,33,37)/b12-11+. The first kappa shape index (κ1) is 24.4. The van der Waals surface area contributed by atoms with E-state index in [1.165, 1.54) is 11.3 Å². The van der Waals surface area contributed by atoms with E-state index in [1.807, 2.05) is 79.7 Å². The Kier molecular flexibility index (Phi) is 6.29. The van der Waals surface area contributed by atoms with Gasteiger partial charge in [-0.05, 0) is 48.2 Å². The van der Waals surface area contributed by atoms with E-state index in [2.05, 4.69) is 20.7 Å². The summed E-state index contributed by atoms with van der Waals surface area (Å²) in [7, 11) is 0. The Hall–Kier alpha value is -4.96. The molecule has 6 rings (SSSR count). The van der Waals surface area contributed by atoms with Crippen molar-refractivity contribution in [1.29, 1.82) is 0 Å². The van der Waals surface area contributed by atoms with Crippen molar-refractivity contribution in [3.8, 4) is 5.69 Å². The van der Waals surface area contributed by atoms with Crippen LogP contribution in [-0.4, -0.2) is 31.8 Å². The van der Waals surface area contributed by atoms with Gasteiger partial charge in [-0.15, -0.1) is 16.4 Å². The van der Waals surface area contributed by atoms with Gasteiger partial charge in [0, 0.05) is 35.2 Å². The summed E-state index contributed by atoms with van der Waals surface area (Å²) in [4.78, 5) is 32.7. The van der Waals surface area contributed by atoms with Gasteiger partial charge < -0.3 is 16.4 Å². The van der Waals surface area contributed by atoms with E-state index in [0.29, 0.717) is 29.1 Å². The van der Waals surface area contributed by atoms with Crippen LogP contribution in [0.3, 0.4) is 0 Å². The molecule has 0 aliphatic carbocycles. The van der Waals surface area contributed by atoms with Gasteiger partial charge in [0.25, 0.3) is 11.5 Å². The normalized spacial score (nSPS) is 13.4. The molecular weight excluding hydrogens is 510 g/mol. The average molecular weight is 536 g/mol. The number of aromatic nitrogens is 4. The first-order chi connectivity index (χ1) is 19.0. The second-order valence-electron chi connectivity index (χ2n) is 9.11. The Morgan fingerprint density at radius 2 is 2.03 bits per heavy atom. The fourth-order valence-electron chi connectivity index (χ4n) is 4.79. The van der Waals surface area contributed by atoms with Crippen molar-refractivity contribution in [1.82, 2.24) is 24.6 Å². The monoisotopic (exact) mass is 535 g/mol. The van der Waals surface area contributed by atoms with Crippen molar-refractivity contribution < 1.29 is 4.79 Å². The highest BCUT2D eigenvalue weighted by Crippen LogP contribution is 2.27. The lowest BCUT2D eigenvalue weighted by atomic mass is 10.0. The highest BCUT2D eigenvalue weighted by molar-refractivity contribution is 7.10. The molecule has 3 aromatic heterocycles. The summed E-state index contributed by atoms with van der Waals surface area (Å²) in [5.74, 6) is 0.290. The van der Waals surface area contributed by atoms with E-state index in [-0.39, 0.29) is 22.8 Å². The van der Waals surface area contributed by atoms with Gasteiger partial charge in [-0.1, -0.05) is 42.5 Å². The van der Waals surface area contributed by atoms with E-state index in [9.17, 15) is 9.59 Å². The average Bonchev–Trinajstić information content (AvgIpc) is 3.59. The number of hydrogen-bond donors (Lipinski definition) is 3. The molecule has 1 atom stereocenters. The van der Waals surface area contributed by atoms with Crippen LogP contribution in [0.1, 0.15) is 39.5 Å². The van der Waals surface area contributed by atoms with E-state index < -0.39 is 6.04 Å². The number of anilines is 2. The minimum Gasteiger partial charge on any atom is -0.381 e. The van der Waals surface area contributed by atoms with Crippen LogP contribution in [0.2, 0.25) is 0 Å². The molecule has 1 aliphatic heterocycles. The largest absolute Gasteiger partial charge is 0.381 e. The number of fused-ring (bicyclic) bond motifs is 2. The molecule has 10 heteroatoms. The molecule has 1 unspecified atom stereocenters. The van der Waals surface area contributed by atoms with Crippen molar-refractivity contribution in [3.05, 3.63) is 104 Å². The molecule has 2 aromatic carbocycles. The number of nitrogens with one attached hydrogen (secondary N) is 2. The summed E-state index contributed by atoms with van der Waals surface area (Å²) in [6.07, 6.45) is 9.33. The number of thiazole rings is 1. The molecular formula is C29H25N7O2S. The van der Waals surface area contributed by atoms with Crippen LogP contribution < -0.4 is 21.9 Å². The lowest BCUT2D eigenvalue weighted by Gasteiger charge is -2.22. The van der Waals surface area contributed by atoms with Crippen molar-refractivity contribution in [2.45, 2.75) is 13.0 Å². The summed E-state index contributed by atoms with van der Waals surface area (Å²) < 4.78 is 3.21. The third kappa shape index (κ3) is 4.51. The summed E-state index contributed by atoms with van der Waals surface area (Å²) in [6.45, 7) is 2.42. The van der Waals surface area contributed by atoms with E-state index >= 15 is 0 Å². The number of nitrogen functional groups attached to an aromatic ring is 1. The summed E-state index contributed by atoms with van der Waals surface area (Å²) in [6, 6.07) is 16.6. The molecule has 0 fully saturated rings. The molecule has 9 nitrogen and oxygen atoms in total. The summed E-state index contributed by atoms with van der Waals surface area (Å²) >= 11 is 1.53. The van der Waals surface area contributed by atoms with Crippen LogP contribution in [0, 0.1) is 0 Å². The van der Waals surface area contributed by atoms with Gasteiger partial charge >= 0.3 is 0 Å². The number of nitrogens with two attached hydrogens (primary N) is 1. The van der Waals surface area contributed by atoms with Crippen molar-refractivity contribution in [2.75, 3.05) is 17.6 Å². The van der Waals surface area contributed by atoms with Crippen LogP contribution in [0.5, 0.6) is 0 Å². The number of rotatable bonds is 6. The zero-order chi connectivity index (χ0) is 26.9. The van der Waals surface area contributed by atoms with Crippen LogP contribution in [0.15, 0.2) is 77.2 Å². The second-order valence-corrected chi connectivity index (χ2v) is 10.0. The maximum Gasteiger partial charge on any atom is 0.263 e. The topological polar surface area (TPSA) is 120 Å². The van der Waals surface area contributed by atoms with Crippen LogP contribution in [0.25, 0.3) is 34.8 Å². The predicted molar refractivity (Wildman–Crippen MR) is 157 cm³/mol. The molecule has 39 heavy (non-hydrogen) atoms. The summed E-state index contributed by atoms with van der Waals surface area (Å²) in [5, 5.41) is 11.8. The van der Waals surface area contributed by atoms with Gasteiger partial charge in [-0.25, -0.2) is 4.68 Å². The Labute approximate surface area is 227 Å². The fraction of sp³-hybridized carbons (Fsp3) is 0.103. The smallest absolute Gasteiger partial charge is 0.263 e. The molecule has 194 valence electrons. The lowest BCUT2D eigenvalue weighted by molar-refractivity contribution is 0.0940. The van der Waals surface area contributed by atoms with Gasteiger partial charge in [-0.3, -0.25) is 19.1 Å². The maximum atomic E-state index is 14.2. The molecule has 0 radical (unpaired) electrons. The number of hydrogen-bond acceptors (Lipinski definition) is 7. The number of benzene rings is 2. The van der Waals surface area contributed by atoms with Crippen molar-refractivity contribution in [3.63, 3.8) is 0 Å². The zero-order valence-corrected chi connectivity index (χ0v) is 21.9. The minimum absolute atomic E-state index is 0.130. The Morgan fingerprint density at radius 3 is 2.82 bits per heavy atom. The van der Waals surface area contributed by atoms with Crippen LogP contribution in [-0.2, 0) is 0 Å². The number of carbonyl (C=O) groups is 1. The van der Waals surface area contributed by atoms with Crippen LogP contribution in [0.4, 0.5) is 11.6 Å². The van der Waals surface area contributed by atoms with E-state index in [0.717, 1.165) is 15.8 Å². The Bertz CT molecular complexity index is 1800. The zero-order valence-electron chi connectivity index (χ0n) is 21.0. The molecule has 1 aliphatic rings. The van der Waals surface area contributed by atoms with Gasteiger partial charge in [0.2, 0.25) is 0 Å². The van der Waals surface area contributed by atoms with Crippen molar-refractivity contribution >= 4 is 58.0 Å². The number of pyridine rings is 1. The van der Waals surface area contributed by atoms with Gasteiger partial charge in [-0.2, -0.15) is 0 Å². The van der Waals surface area contributed by atoms with Gasteiger partial charge in [0.1, 0.15) is 11.4 Å². The molecule has 4 N–H and O–H groups in total. The van der Waals surface area contributed by atoms with Crippen LogP contribution >= 0.6 is 11.3 Å². The maximum absolute atomic E-state index is 14.2. The third-order valence-electron chi connectivity index (χ3n) is 6.59. The van der Waals surface area contributed by atoms with E-state index in [4.69, 9.17) is 5.73 Å². The molecule has 0 bridgehead atoms. The second kappa shape index (κ2) is 10.1. The number of carbonyl (C=O) groups excluding carboxylic acids is 1. The lowest BCUT2D eigenvalue weighted by Crippen LogP contribution is -2.32. The SMILES string of the molecule is CC(NC(=O)c1c(N)nn2c1NCC=C2)c1cc2cccc(/C=C/c3cncs3)c2c(=O)n1-c1ccccc1. The quantitative estimate of drug-likeness (QED) is 0.288. The molecule has 5 aromatic rings. The predicted octanol–water partition coefficient (Wildman–Crippen LogP) is 4.78. The Morgan fingerprint density at radius 1 is 1.18 bits per heavy atom. The van der Waals surface area contributed by atoms with Crippen molar-refractivity contribution in [2.24, 2.45) is 0 Å². The Balaban J connectivity index is 1.45. The number of amides is 1. The fourth-order valence-corrected chi connectivity index (χ4v) is 5.31. The molecule has 1 amide bonds. The highest BCUT2D eigenvalue weighted by Gasteiger charge is 2.26. The third-order valence-corrected chi connectivity index (χ3v) is 7.33. The van der Waals surface area contributed by atoms with E-state index in [1.54, 1.807) is 27.2 Å². The summed E-state index contributed by atoms with van der Waals surface area (Å²) in [5.41, 5.74) is 10.1.